The number of rotatable bonds is 6. The number of anilines is 1. The standard InChI is InChI=1S/C22H21FN4O3/c23-19-4-2-1-3-17(19)15-26-21(28)16-5-7-18(8-6-16)30-22-20(24-9-10-25-22)27-11-13-29-14-12-27/h1-10H,11-15H2,(H,26,28). The predicted octanol–water partition coefficient (Wildman–Crippen LogP) is 3.17. The van der Waals surface area contributed by atoms with Crippen LogP contribution < -0.4 is 15.0 Å². The van der Waals surface area contributed by atoms with Crippen LogP contribution in [0.2, 0.25) is 0 Å². The number of halogens is 1. The van der Waals surface area contributed by atoms with Gasteiger partial charge in [-0.05, 0) is 30.3 Å². The van der Waals surface area contributed by atoms with Crippen molar-refractivity contribution in [3.05, 3.63) is 77.9 Å². The second-order valence-corrected chi connectivity index (χ2v) is 6.69. The Kier molecular flexibility index (Phi) is 6.14. The van der Waals surface area contributed by atoms with Gasteiger partial charge in [0.25, 0.3) is 11.8 Å². The Balaban J connectivity index is 1.40. The molecule has 8 heteroatoms. The Hall–Kier alpha value is -3.52. The molecule has 1 N–H and O–H groups in total. The third-order valence-electron chi connectivity index (χ3n) is 4.69. The summed E-state index contributed by atoms with van der Waals surface area (Å²) in [6.45, 7) is 2.82. The van der Waals surface area contributed by atoms with Gasteiger partial charge in [0.1, 0.15) is 11.6 Å². The van der Waals surface area contributed by atoms with E-state index in [4.69, 9.17) is 9.47 Å². The van der Waals surface area contributed by atoms with Crippen LogP contribution >= 0.6 is 0 Å². The number of carbonyl (C=O) groups is 1. The Morgan fingerprint density at radius 3 is 2.57 bits per heavy atom. The van der Waals surface area contributed by atoms with E-state index in [1.54, 1.807) is 54.9 Å². The number of amides is 1. The fourth-order valence-corrected chi connectivity index (χ4v) is 3.09. The van der Waals surface area contributed by atoms with Crippen molar-refractivity contribution in [2.45, 2.75) is 6.54 Å². The third kappa shape index (κ3) is 4.72. The van der Waals surface area contributed by atoms with Crippen molar-refractivity contribution in [3.63, 3.8) is 0 Å². The second kappa shape index (κ2) is 9.32. The van der Waals surface area contributed by atoms with Gasteiger partial charge in [0.2, 0.25) is 0 Å². The molecule has 154 valence electrons. The summed E-state index contributed by atoms with van der Waals surface area (Å²) in [4.78, 5) is 23.1. The third-order valence-corrected chi connectivity index (χ3v) is 4.69. The molecule has 3 aromatic rings. The lowest BCUT2D eigenvalue weighted by Gasteiger charge is -2.28. The van der Waals surface area contributed by atoms with Gasteiger partial charge in [0.05, 0.1) is 13.2 Å². The molecular weight excluding hydrogens is 387 g/mol. The molecule has 1 saturated heterocycles. The van der Waals surface area contributed by atoms with Crippen molar-refractivity contribution in [1.82, 2.24) is 15.3 Å². The van der Waals surface area contributed by atoms with E-state index in [0.29, 0.717) is 41.8 Å². The van der Waals surface area contributed by atoms with E-state index in [2.05, 4.69) is 20.2 Å². The fourth-order valence-electron chi connectivity index (χ4n) is 3.09. The Morgan fingerprint density at radius 1 is 1.07 bits per heavy atom. The lowest BCUT2D eigenvalue weighted by atomic mass is 10.2. The van der Waals surface area contributed by atoms with Crippen molar-refractivity contribution < 1.29 is 18.7 Å². The van der Waals surface area contributed by atoms with Gasteiger partial charge in [0, 0.05) is 43.2 Å². The van der Waals surface area contributed by atoms with Gasteiger partial charge >= 0.3 is 0 Å². The molecule has 2 aromatic carbocycles. The van der Waals surface area contributed by atoms with Crippen LogP contribution in [0.15, 0.2) is 60.9 Å². The number of morpholine rings is 1. The highest BCUT2D eigenvalue weighted by atomic mass is 19.1. The summed E-state index contributed by atoms with van der Waals surface area (Å²) in [5.41, 5.74) is 0.885. The van der Waals surface area contributed by atoms with Crippen molar-refractivity contribution in [2.75, 3.05) is 31.2 Å². The fraction of sp³-hybridized carbons (Fsp3) is 0.227. The quantitative estimate of drug-likeness (QED) is 0.675. The van der Waals surface area contributed by atoms with Crippen LogP contribution in [0.5, 0.6) is 11.6 Å². The van der Waals surface area contributed by atoms with Gasteiger partial charge in [-0.3, -0.25) is 4.79 Å². The maximum atomic E-state index is 13.7. The molecule has 2 heterocycles. The number of benzene rings is 2. The van der Waals surface area contributed by atoms with Crippen LogP contribution in [-0.2, 0) is 11.3 Å². The average Bonchev–Trinajstić information content (AvgIpc) is 2.80. The monoisotopic (exact) mass is 408 g/mol. The van der Waals surface area contributed by atoms with Crippen LogP contribution in [-0.4, -0.2) is 42.2 Å². The number of hydrogen-bond acceptors (Lipinski definition) is 6. The van der Waals surface area contributed by atoms with Crippen LogP contribution in [0, 0.1) is 5.82 Å². The Bertz CT molecular complexity index is 1010. The zero-order valence-electron chi connectivity index (χ0n) is 16.3. The summed E-state index contributed by atoms with van der Waals surface area (Å²) < 4.78 is 25.0. The van der Waals surface area contributed by atoms with Gasteiger partial charge in [-0.25, -0.2) is 14.4 Å². The molecule has 1 fully saturated rings. The SMILES string of the molecule is O=C(NCc1ccccc1F)c1ccc(Oc2nccnc2N2CCOCC2)cc1. The molecule has 0 radical (unpaired) electrons. The number of nitrogens with zero attached hydrogens (tertiary/aromatic N) is 3. The summed E-state index contributed by atoms with van der Waals surface area (Å²) in [5, 5.41) is 2.72. The molecule has 7 nitrogen and oxygen atoms in total. The van der Waals surface area contributed by atoms with E-state index >= 15 is 0 Å². The first-order valence-corrected chi connectivity index (χ1v) is 9.64. The van der Waals surface area contributed by atoms with Crippen LogP contribution in [0.1, 0.15) is 15.9 Å². The summed E-state index contributed by atoms with van der Waals surface area (Å²) >= 11 is 0. The Morgan fingerprint density at radius 2 is 1.80 bits per heavy atom. The summed E-state index contributed by atoms with van der Waals surface area (Å²) in [5.74, 6) is 0.958. The number of ether oxygens (including phenoxy) is 2. The van der Waals surface area contributed by atoms with E-state index in [-0.39, 0.29) is 18.3 Å². The van der Waals surface area contributed by atoms with Gasteiger partial charge in [-0.1, -0.05) is 18.2 Å². The van der Waals surface area contributed by atoms with Gasteiger partial charge in [0.15, 0.2) is 5.82 Å². The minimum absolute atomic E-state index is 0.117. The van der Waals surface area contributed by atoms with Gasteiger partial charge < -0.3 is 19.7 Å². The maximum Gasteiger partial charge on any atom is 0.263 e. The first-order chi connectivity index (χ1) is 14.7. The van der Waals surface area contributed by atoms with Crippen molar-refractivity contribution in [1.29, 1.82) is 0 Å². The van der Waals surface area contributed by atoms with Crippen molar-refractivity contribution in [3.8, 4) is 11.6 Å². The molecule has 1 aliphatic heterocycles. The number of nitrogens with one attached hydrogen (secondary N) is 1. The molecule has 1 aromatic heterocycles. The normalized spacial score (nSPS) is 13.7. The van der Waals surface area contributed by atoms with Crippen molar-refractivity contribution >= 4 is 11.7 Å². The lowest BCUT2D eigenvalue weighted by Crippen LogP contribution is -2.37. The van der Waals surface area contributed by atoms with E-state index in [0.717, 1.165) is 13.1 Å². The molecule has 0 aliphatic carbocycles. The summed E-state index contributed by atoms with van der Waals surface area (Å²) in [7, 11) is 0. The smallest absolute Gasteiger partial charge is 0.263 e. The molecule has 1 aliphatic rings. The van der Waals surface area contributed by atoms with Crippen molar-refractivity contribution in [2.24, 2.45) is 0 Å². The number of carbonyl (C=O) groups excluding carboxylic acids is 1. The summed E-state index contributed by atoms with van der Waals surface area (Å²) in [6.07, 6.45) is 3.20. The predicted molar refractivity (Wildman–Crippen MR) is 109 cm³/mol. The van der Waals surface area contributed by atoms with Gasteiger partial charge in [-0.15, -0.1) is 0 Å². The highest BCUT2D eigenvalue weighted by Crippen LogP contribution is 2.28. The average molecular weight is 408 g/mol. The molecule has 0 spiro atoms. The summed E-state index contributed by atoms with van der Waals surface area (Å²) in [6, 6.07) is 13.0. The molecule has 30 heavy (non-hydrogen) atoms. The molecule has 0 unspecified atom stereocenters. The topological polar surface area (TPSA) is 76.6 Å². The maximum absolute atomic E-state index is 13.7. The first kappa shape index (κ1) is 19.8. The van der Waals surface area contributed by atoms with Crippen LogP contribution in [0.4, 0.5) is 10.2 Å². The van der Waals surface area contributed by atoms with Gasteiger partial charge in [-0.2, -0.15) is 0 Å². The molecule has 4 rings (SSSR count). The van der Waals surface area contributed by atoms with E-state index in [1.807, 2.05) is 0 Å². The molecule has 0 saturated carbocycles. The van der Waals surface area contributed by atoms with Crippen LogP contribution in [0.3, 0.4) is 0 Å². The van der Waals surface area contributed by atoms with E-state index in [1.165, 1.54) is 6.07 Å². The molecule has 0 bridgehead atoms. The lowest BCUT2D eigenvalue weighted by molar-refractivity contribution is 0.0950. The number of aromatic nitrogens is 2. The second-order valence-electron chi connectivity index (χ2n) is 6.69. The first-order valence-electron chi connectivity index (χ1n) is 9.64. The zero-order chi connectivity index (χ0) is 20.8. The molecule has 1 amide bonds. The molecular formula is C22H21FN4O3. The Labute approximate surface area is 173 Å². The highest BCUT2D eigenvalue weighted by molar-refractivity contribution is 5.94. The minimum atomic E-state index is -0.346. The highest BCUT2D eigenvalue weighted by Gasteiger charge is 2.18. The zero-order valence-corrected chi connectivity index (χ0v) is 16.3. The minimum Gasteiger partial charge on any atom is -0.436 e. The van der Waals surface area contributed by atoms with Crippen LogP contribution in [0.25, 0.3) is 0 Å². The number of hydrogen-bond donors (Lipinski definition) is 1. The molecule has 0 atom stereocenters. The largest absolute Gasteiger partial charge is 0.436 e. The van der Waals surface area contributed by atoms with E-state index in [9.17, 15) is 9.18 Å². The van der Waals surface area contributed by atoms with E-state index < -0.39 is 0 Å².